The van der Waals surface area contributed by atoms with E-state index in [0.29, 0.717) is 6.04 Å². The topological polar surface area (TPSA) is 12.0 Å². The van der Waals surface area contributed by atoms with Crippen molar-refractivity contribution in [1.82, 2.24) is 5.32 Å². The lowest BCUT2D eigenvalue weighted by molar-refractivity contribution is 0.426. The van der Waals surface area contributed by atoms with Crippen molar-refractivity contribution in [3.63, 3.8) is 0 Å². The first kappa shape index (κ1) is 12.7. The summed E-state index contributed by atoms with van der Waals surface area (Å²) in [6.45, 7) is 3.60. The molecular formula is C16H22BrN. The van der Waals surface area contributed by atoms with Gasteiger partial charge in [-0.25, -0.2) is 0 Å². The van der Waals surface area contributed by atoms with Crippen molar-refractivity contribution in [3.05, 3.63) is 33.8 Å². The number of benzene rings is 1. The van der Waals surface area contributed by atoms with E-state index in [1.54, 1.807) is 0 Å². The van der Waals surface area contributed by atoms with Gasteiger partial charge in [-0.05, 0) is 61.3 Å². The molecule has 3 rings (SSSR count). The first-order chi connectivity index (χ1) is 8.74. The van der Waals surface area contributed by atoms with Crippen molar-refractivity contribution in [2.24, 2.45) is 11.8 Å². The highest BCUT2D eigenvalue weighted by atomic mass is 79.9. The highest BCUT2D eigenvalue weighted by molar-refractivity contribution is 9.10. The van der Waals surface area contributed by atoms with Gasteiger partial charge in [0.2, 0.25) is 0 Å². The molecule has 3 unspecified atom stereocenters. The molecule has 1 fully saturated rings. The SMILES string of the molecule is CC1CCC(CNC2CCc3c(Br)cccc32)C1. The molecule has 2 aliphatic rings. The van der Waals surface area contributed by atoms with Crippen LogP contribution in [0.1, 0.15) is 49.8 Å². The molecule has 0 heterocycles. The van der Waals surface area contributed by atoms with Gasteiger partial charge in [0, 0.05) is 10.5 Å². The van der Waals surface area contributed by atoms with Gasteiger partial charge in [0.25, 0.3) is 0 Å². The molecule has 0 bridgehead atoms. The van der Waals surface area contributed by atoms with Crippen LogP contribution in [0.15, 0.2) is 22.7 Å². The zero-order valence-electron chi connectivity index (χ0n) is 11.1. The molecule has 18 heavy (non-hydrogen) atoms. The monoisotopic (exact) mass is 307 g/mol. The van der Waals surface area contributed by atoms with Gasteiger partial charge in [-0.15, -0.1) is 0 Å². The van der Waals surface area contributed by atoms with Gasteiger partial charge in [0.1, 0.15) is 0 Å². The molecule has 0 aliphatic heterocycles. The van der Waals surface area contributed by atoms with E-state index in [9.17, 15) is 0 Å². The molecule has 0 aromatic heterocycles. The second-order valence-electron chi connectivity index (χ2n) is 6.09. The van der Waals surface area contributed by atoms with Crippen LogP contribution in [0, 0.1) is 11.8 Å². The lowest BCUT2D eigenvalue weighted by atomic mass is 10.0. The predicted molar refractivity (Wildman–Crippen MR) is 79.7 cm³/mol. The Morgan fingerprint density at radius 2 is 2.17 bits per heavy atom. The van der Waals surface area contributed by atoms with Crippen LogP contribution in [0.3, 0.4) is 0 Å². The van der Waals surface area contributed by atoms with E-state index in [1.165, 1.54) is 54.2 Å². The number of rotatable bonds is 3. The van der Waals surface area contributed by atoms with E-state index >= 15 is 0 Å². The van der Waals surface area contributed by atoms with Gasteiger partial charge >= 0.3 is 0 Å². The normalized spacial score (nSPS) is 30.7. The fraction of sp³-hybridized carbons (Fsp3) is 0.625. The van der Waals surface area contributed by atoms with Crippen molar-refractivity contribution in [2.45, 2.75) is 45.1 Å². The maximum absolute atomic E-state index is 3.81. The fourth-order valence-electron chi connectivity index (χ4n) is 3.64. The van der Waals surface area contributed by atoms with E-state index < -0.39 is 0 Å². The Hall–Kier alpha value is -0.340. The zero-order chi connectivity index (χ0) is 12.5. The van der Waals surface area contributed by atoms with Crippen LogP contribution >= 0.6 is 15.9 Å². The van der Waals surface area contributed by atoms with Crippen LogP contribution in [0.2, 0.25) is 0 Å². The highest BCUT2D eigenvalue weighted by Crippen LogP contribution is 2.36. The number of halogens is 1. The molecular weight excluding hydrogens is 286 g/mol. The van der Waals surface area contributed by atoms with Crippen LogP contribution in [0.25, 0.3) is 0 Å². The lowest BCUT2D eigenvalue weighted by Gasteiger charge is -2.17. The standard InChI is InChI=1S/C16H22BrN/c1-11-5-6-12(9-11)10-18-16-8-7-13-14(16)3-2-4-15(13)17/h2-4,11-12,16,18H,5-10H2,1H3. The van der Waals surface area contributed by atoms with Crippen LogP contribution in [0.4, 0.5) is 0 Å². The molecule has 3 atom stereocenters. The minimum atomic E-state index is 0.591. The first-order valence-electron chi connectivity index (χ1n) is 7.24. The molecule has 98 valence electrons. The van der Waals surface area contributed by atoms with Crippen molar-refractivity contribution in [3.8, 4) is 0 Å². The predicted octanol–water partition coefficient (Wildman–Crippen LogP) is 4.46. The molecule has 1 nitrogen and oxygen atoms in total. The molecule has 1 N–H and O–H groups in total. The lowest BCUT2D eigenvalue weighted by Crippen LogP contribution is -2.25. The number of fused-ring (bicyclic) bond motifs is 1. The molecule has 2 aliphatic carbocycles. The third-order valence-corrected chi connectivity index (χ3v) is 5.41. The number of hydrogen-bond donors (Lipinski definition) is 1. The summed E-state index contributed by atoms with van der Waals surface area (Å²) in [6.07, 6.45) is 6.76. The molecule has 0 saturated heterocycles. The third-order valence-electron chi connectivity index (χ3n) is 4.67. The summed E-state index contributed by atoms with van der Waals surface area (Å²) in [4.78, 5) is 0. The Morgan fingerprint density at radius 1 is 1.28 bits per heavy atom. The number of hydrogen-bond acceptors (Lipinski definition) is 1. The molecule has 0 amide bonds. The van der Waals surface area contributed by atoms with E-state index in [0.717, 1.165) is 11.8 Å². The summed E-state index contributed by atoms with van der Waals surface area (Å²) in [7, 11) is 0. The van der Waals surface area contributed by atoms with Crippen LogP contribution in [-0.2, 0) is 6.42 Å². The van der Waals surface area contributed by atoms with Gasteiger partial charge in [0.15, 0.2) is 0 Å². The summed E-state index contributed by atoms with van der Waals surface area (Å²) in [5.41, 5.74) is 3.05. The second kappa shape index (κ2) is 5.34. The maximum Gasteiger partial charge on any atom is 0.0326 e. The van der Waals surface area contributed by atoms with Gasteiger partial charge in [0.05, 0.1) is 0 Å². The highest BCUT2D eigenvalue weighted by Gasteiger charge is 2.26. The third kappa shape index (κ3) is 2.50. The summed E-state index contributed by atoms with van der Waals surface area (Å²) in [6, 6.07) is 7.22. The van der Waals surface area contributed by atoms with Gasteiger partial charge < -0.3 is 5.32 Å². The fourth-order valence-corrected chi connectivity index (χ4v) is 4.22. The molecule has 1 saturated carbocycles. The van der Waals surface area contributed by atoms with Crippen molar-refractivity contribution in [2.75, 3.05) is 6.54 Å². The second-order valence-corrected chi connectivity index (χ2v) is 6.95. The average Bonchev–Trinajstić information content (AvgIpc) is 2.94. The minimum absolute atomic E-state index is 0.591. The Balaban J connectivity index is 1.61. The van der Waals surface area contributed by atoms with Gasteiger partial charge in [-0.2, -0.15) is 0 Å². The van der Waals surface area contributed by atoms with Crippen LogP contribution in [-0.4, -0.2) is 6.54 Å². The Kier molecular flexibility index (Phi) is 3.76. The average molecular weight is 308 g/mol. The first-order valence-corrected chi connectivity index (χ1v) is 8.04. The minimum Gasteiger partial charge on any atom is -0.310 e. The Bertz CT molecular complexity index is 429. The molecule has 0 spiro atoms. The van der Waals surface area contributed by atoms with Gasteiger partial charge in [-0.1, -0.05) is 41.4 Å². The Morgan fingerprint density at radius 3 is 2.94 bits per heavy atom. The largest absolute Gasteiger partial charge is 0.310 e. The van der Waals surface area contributed by atoms with Crippen molar-refractivity contribution < 1.29 is 0 Å². The number of nitrogens with one attached hydrogen (secondary N) is 1. The maximum atomic E-state index is 3.81. The molecule has 0 radical (unpaired) electrons. The van der Waals surface area contributed by atoms with Crippen LogP contribution < -0.4 is 5.32 Å². The zero-order valence-corrected chi connectivity index (χ0v) is 12.7. The molecule has 2 heteroatoms. The van der Waals surface area contributed by atoms with E-state index in [1.807, 2.05) is 0 Å². The van der Waals surface area contributed by atoms with Crippen molar-refractivity contribution >= 4 is 15.9 Å². The summed E-state index contributed by atoms with van der Waals surface area (Å²) < 4.78 is 1.29. The molecule has 1 aromatic carbocycles. The van der Waals surface area contributed by atoms with Crippen LogP contribution in [0.5, 0.6) is 0 Å². The summed E-state index contributed by atoms with van der Waals surface area (Å²) >= 11 is 3.67. The summed E-state index contributed by atoms with van der Waals surface area (Å²) in [5.74, 6) is 1.86. The van der Waals surface area contributed by atoms with Crippen molar-refractivity contribution in [1.29, 1.82) is 0 Å². The quantitative estimate of drug-likeness (QED) is 0.869. The van der Waals surface area contributed by atoms with Gasteiger partial charge in [-0.3, -0.25) is 0 Å². The molecule has 1 aromatic rings. The smallest absolute Gasteiger partial charge is 0.0326 e. The summed E-state index contributed by atoms with van der Waals surface area (Å²) in [5, 5.41) is 3.81. The van der Waals surface area contributed by atoms with E-state index in [-0.39, 0.29) is 0 Å². The Labute approximate surface area is 118 Å². The van der Waals surface area contributed by atoms with E-state index in [2.05, 4.69) is 46.4 Å². The van der Waals surface area contributed by atoms with E-state index in [4.69, 9.17) is 0 Å².